The number of benzene rings is 2. The summed E-state index contributed by atoms with van der Waals surface area (Å²) in [6.45, 7) is 0.933. The minimum absolute atomic E-state index is 0.0550. The third-order valence-corrected chi connectivity index (χ3v) is 9.62. The average Bonchev–Trinajstić information content (AvgIpc) is 2.88. The van der Waals surface area contributed by atoms with Gasteiger partial charge in [0.1, 0.15) is 10.7 Å². The Balaban J connectivity index is 1.67. The summed E-state index contributed by atoms with van der Waals surface area (Å²) in [5.41, 5.74) is 2.48. The maximum atomic E-state index is 13.8. The Hall–Kier alpha value is -2.01. The number of ether oxygens (including phenoxy) is 2. The first-order valence-corrected chi connectivity index (χ1v) is 15.0. The Morgan fingerprint density at radius 3 is 2.38 bits per heavy atom. The molecule has 0 aromatic heterocycles. The molecule has 1 aliphatic rings. The summed E-state index contributed by atoms with van der Waals surface area (Å²) < 4.78 is 64.5. The third kappa shape index (κ3) is 9.05. The quantitative estimate of drug-likeness (QED) is 0.256. The van der Waals surface area contributed by atoms with Crippen molar-refractivity contribution in [2.45, 2.75) is 66.7 Å². The van der Waals surface area contributed by atoms with E-state index in [1.165, 1.54) is 19.1 Å². The Morgan fingerprint density at radius 1 is 1.16 bits per heavy atom. The molecule has 5 nitrogen and oxygen atoms in total. The summed E-state index contributed by atoms with van der Waals surface area (Å²) >= 11 is 1.21. The normalized spacial score (nSPS) is 18.6. The largest absolute Gasteiger partial charge is 0.389 e. The first-order valence-electron chi connectivity index (χ1n) is 12.3. The fourth-order valence-electron chi connectivity index (χ4n) is 4.11. The van der Waals surface area contributed by atoms with Crippen molar-refractivity contribution in [1.29, 1.82) is 0 Å². The minimum atomic E-state index is -4.14. The summed E-state index contributed by atoms with van der Waals surface area (Å²) in [4.78, 5) is 13.5. The van der Waals surface area contributed by atoms with E-state index < -0.39 is 27.4 Å². The van der Waals surface area contributed by atoms with E-state index in [9.17, 15) is 22.2 Å². The van der Waals surface area contributed by atoms with Gasteiger partial charge in [0.2, 0.25) is 5.91 Å². The van der Waals surface area contributed by atoms with Crippen molar-refractivity contribution in [2.75, 3.05) is 20.3 Å². The molecule has 1 amide bonds. The topological polar surface area (TPSA) is 64.6 Å². The first kappa shape index (κ1) is 29.5. The predicted octanol–water partition coefficient (Wildman–Crippen LogP) is 6.01. The van der Waals surface area contributed by atoms with Gasteiger partial charge in [0.15, 0.2) is 0 Å². The van der Waals surface area contributed by atoms with Gasteiger partial charge in [-0.25, -0.2) is 0 Å². The van der Waals surface area contributed by atoms with Crippen LogP contribution < -0.4 is 4.72 Å². The number of rotatable bonds is 12. The van der Waals surface area contributed by atoms with E-state index in [-0.39, 0.29) is 30.8 Å². The van der Waals surface area contributed by atoms with Crippen molar-refractivity contribution in [3.63, 3.8) is 0 Å². The van der Waals surface area contributed by atoms with Gasteiger partial charge in [-0.05, 0) is 85.2 Å². The highest BCUT2D eigenvalue weighted by molar-refractivity contribution is 8.02. The lowest BCUT2D eigenvalue weighted by Gasteiger charge is -2.24. The smallest absolute Gasteiger partial charge is 0.385 e. The van der Waals surface area contributed by atoms with Crippen LogP contribution in [0.5, 0.6) is 0 Å². The molecule has 37 heavy (non-hydrogen) atoms. The summed E-state index contributed by atoms with van der Waals surface area (Å²) in [6, 6.07) is 14.4. The molecule has 1 saturated heterocycles. The standard InChI is InChI=1S/C27H34F3NO4S2/c1-34-19-16-24(26(32)31-36-25-7-3-4-18-35-25)37(2,33)23-14-12-22(13-15-23)21-10-8-20(9-11-21)6-5-17-27(28,29)30/h8-15,24-25H,2-7,16-19H2,1H3,(H,31,32). The third-order valence-electron chi connectivity index (χ3n) is 6.23. The van der Waals surface area contributed by atoms with Gasteiger partial charge in [0.05, 0.1) is 0 Å². The van der Waals surface area contributed by atoms with E-state index in [0.29, 0.717) is 17.9 Å². The zero-order chi connectivity index (χ0) is 26.9. The zero-order valence-electron chi connectivity index (χ0n) is 20.9. The van der Waals surface area contributed by atoms with Gasteiger partial charge < -0.3 is 9.47 Å². The predicted molar refractivity (Wildman–Crippen MR) is 144 cm³/mol. The number of hydrogen-bond donors (Lipinski definition) is 1. The molecule has 2 aromatic rings. The lowest BCUT2D eigenvalue weighted by molar-refractivity contribution is -0.135. The van der Waals surface area contributed by atoms with Crippen LogP contribution in [0.15, 0.2) is 53.4 Å². The molecule has 204 valence electrons. The number of aryl methyl sites for hydroxylation is 1. The molecule has 0 saturated carbocycles. The van der Waals surface area contributed by atoms with Gasteiger partial charge in [-0.15, -0.1) is 0 Å². The van der Waals surface area contributed by atoms with Gasteiger partial charge in [0, 0.05) is 41.2 Å². The lowest BCUT2D eigenvalue weighted by atomic mass is 10.0. The molecular weight excluding hydrogens is 523 g/mol. The molecule has 3 unspecified atom stereocenters. The number of carbonyl (C=O) groups is 1. The van der Waals surface area contributed by atoms with Crippen molar-refractivity contribution in [1.82, 2.24) is 4.72 Å². The maximum Gasteiger partial charge on any atom is 0.389 e. The van der Waals surface area contributed by atoms with E-state index in [0.717, 1.165) is 36.0 Å². The van der Waals surface area contributed by atoms with Crippen LogP contribution in [-0.2, 0) is 30.2 Å². The van der Waals surface area contributed by atoms with Crippen LogP contribution in [0.1, 0.15) is 44.1 Å². The molecule has 1 heterocycles. The first-order chi connectivity index (χ1) is 17.6. The van der Waals surface area contributed by atoms with Crippen LogP contribution in [-0.4, -0.2) is 53.2 Å². The number of methoxy groups -OCH3 is 1. The van der Waals surface area contributed by atoms with Crippen LogP contribution in [0, 0.1) is 0 Å². The number of hydrogen-bond acceptors (Lipinski definition) is 5. The zero-order valence-corrected chi connectivity index (χ0v) is 22.6. The van der Waals surface area contributed by atoms with E-state index in [2.05, 4.69) is 10.6 Å². The molecule has 0 spiro atoms. The second-order valence-electron chi connectivity index (χ2n) is 9.07. The molecule has 10 heteroatoms. The Kier molecular flexibility index (Phi) is 10.9. The highest BCUT2D eigenvalue weighted by Crippen LogP contribution is 2.27. The van der Waals surface area contributed by atoms with Crippen LogP contribution in [0.2, 0.25) is 0 Å². The van der Waals surface area contributed by atoms with Crippen molar-refractivity contribution >= 4 is 33.2 Å². The molecule has 3 atom stereocenters. The van der Waals surface area contributed by atoms with Gasteiger partial charge in [-0.2, -0.15) is 13.2 Å². The Labute approximate surface area is 221 Å². The number of alkyl halides is 3. The Morgan fingerprint density at radius 2 is 1.81 bits per heavy atom. The van der Waals surface area contributed by atoms with Crippen molar-refractivity contribution in [3.8, 4) is 11.1 Å². The van der Waals surface area contributed by atoms with Crippen molar-refractivity contribution in [3.05, 3.63) is 54.1 Å². The highest BCUT2D eigenvalue weighted by atomic mass is 32.2. The fraction of sp³-hybridized carbons (Fsp3) is 0.481. The summed E-state index contributed by atoms with van der Waals surface area (Å²) in [6.07, 6.45) is -1.36. The van der Waals surface area contributed by atoms with Crippen molar-refractivity contribution in [2.24, 2.45) is 0 Å². The maximum absolute atomic E-state index is 13.8. The molecule has 1 fully saturated rings. The molecule has 0 bridgehead atoms. The van der Waals surface area contributed by atoms with Gasteiger partial charge in [-0.1, -0.05) is 36.4 Å². The number of carbonyl (C=O) groups excluding carboxylic acids is 1. The minimum Gasteiger partial charge on any atom is -0.385 e. The lowest BCUT2D eigenvalue weighted by Crippen LogP contribution is -2.39. The SMILES string of the molecule is C=S(=O)(c1ccc(-c2ccc(CCCC(F)(F)F)cc2)cc1)C(CCOC)C(=O)NSC1CCCCO1. The van der Waals surface area contributed by atoms with E-state index in [1.807, 2.05) is 36.4 Å². The average molecular weight is 558 g/mol. The van der Waals surface area contributed by atoms with Crippen LogP contribution >= 0.6 is 11.9 Å². The summed E-state index contributed by atoms with van der Waals surface area (Å²) in [5.74, 6) is 3.60. The molecule has 0 radical (unpaired) electrons. The molecule has 1 aliphatic heterocycles. The van der Waals surface area contributed by atoms with Crippen molar-refractivity contribution < 1.29 is 31.6 Å². The van der Waals surface area contributed by atoms with Gasteiger partial charge in [-0.3, -0.25) is 13.7 Å². The van der Waals surface area contributed by atoms with E-state index >= 15 is 0 Å². The van der Waals surface area contributed by atoms with Crippen LogP contribution in [0.4, 0.5) is 13.2 Å². The van der Waals surface area contributed by atoms with Gasteiger partial charge in [0.25, 0.3) is 0 Å². The number of amides is 1. The molecule has 0 aliphatic carbocycles. The second kappa shape index (κ2) is 13.7. The second-order valence-corrected chi connectivity index (χ2v) is 12.5. The summed E-state index contributed by atoms with van der Waals surface area (Å²) in [7, 11) is -1.46. The molecule has 1 N–H and O–H groups in total. The highest BCUT2D eigenvalue weighted by Gasteiger charge is 2.30. The molecule has 3 rings (SSSR count). The Bertz CT molecular complexity index is 1100. The summed E-state index contributed by atoms with van der Waals surface area (Å²) in [5, 5.41) is -0.870. The van der Waals surface area contributed by atoms with E-state index in [4.69, 9.17) is 9.47 Å². The van der Waals surface area contributed by atoms with Gasteiger partial charge >= 0.3 is 6.18 Å². The van der Waals surface area contributed by atoms with Crippen LogP contribution in [0.3, 0.4) is 0 Å². The van der Waals surface area contributed by atoms with E-state index in [1.54, 1.807) is 12.1 Å². The van der Waals surface area contributed by atoms with Crippen LogP contribution in [0.25, 0.3) is 11.1 Å². The molecule has 2 aromatic carbocycles. The number of halogens is 3. The number of nitrogens with one attached hydrogen (secondary N) is 1. The fourth-order valence-corrected chi connectivity index (χ4v) is 6.83. The monoisotopic (exact) mass is 557 g/mol. The molecular formula is C27H34F3NO4S2.